The van der Waals surface area contributed by atoms with Crippen molar-refractivity contribution < 1.29 is 9.53 Å². The maximum absolute atomic E-state index is 12.3. The summed E-state index contributed by atoms with van der Waals surface area (Å²) in [4.78, 5) is 17.6. The van der Waals surface area contributed by atoms with Crippen LogP contribution in [0.15, 0.2) is 71.5 Å². The van der Waals surface area contributed by atoms with Crippen LogP contribution < -0.4 is 10.1 Å². The zero-order chi connectivity index (χ0) is 20.8. The summed E-state index contributed by atoms with van der Waals surface area (Å²) in [6.07, 6.45) is 3.44. The number of methoxy groups -OCH3 is 1. The average Bonchev–Trinajstić information content (AvgIpc) is 3.46. The molecule has 4 aromatic rings. The number of carbonyl (C=O) groups excluding carboxylic acids is 1. The highest BCUT2D eigenvalue weighted by molar-refractivity contribution is 7.99. The molecular weight excluding hydrogens is 418 g/mol. The number of hydrogen-bond donors (Lipinski definition) is 1. The molecule has 152 valence electrons. The fourth-order valence-electron chi connectivity index (χ4n) is 2.86. The third kappa shape index (κ3) is 4.52. The van der Waals surface area contributed by atoms with Gasteiger partial charge in [0, 0.05) is 22.8 Å². The second-order valence-electron chi connectivity index (χ2n) is 6.20. The fraction of sp³-hybridized carbons (Fsp3) is 0.143. The fourth-order valence-corrected chi connectivity index (χ4v) is 4.28. The Kier molecular flexibility index (Phi) is 6.41. The second-order valence-corrected chi connectivity index (χ2v) is 8.17. The maximum atomic E-state index is 12.3. The molecule has 1 amide bonds. The first-order valence-electron chi connectivity index (χ1n) is 9.17. The molecular formula is C21H19N5O2S2. The average molecular weight is 438 g/mol. The highest BCUT2D eigenvalue weighted by Crippen LogP contribution is 2.32. The largest absolute Gasteiger partial charge is 0.495 e. The number of carbonyl (C=O) groups is 1. The van der Waals surface area contributed by atoms with Crippen molar-refractivity contribution in [3.63, 3.8) is 0 Å². The molecule has 1 N–H and O–H groups in total. The molecule has 0 aliphatic rings. The van der Waals surface area contributed by atoms with Gasteiger partial charge in [-0.1, -0.05) is 30.0 Å². The topological polar surface area (TPSA) is 81.9 Å². The van der Waals surface area contributed by atoms with Gasteiger partial charge in [0.2, 0.25) is 5.91 Å². The van der Waals surface area contributed by atoms with E-state index in [2.05, 4.69) is 20.5 Å². The Morgan fingerprint density at radius 1 is 1.17 bits per heavy atom. The first-order chi connectivity index (χ1) is 14.8. The van der Waals surface area contributed by atoms with Gasteiger partial charge in [0.05, 0.1) is 25.1 Å². The maximum Gasteiger partial charge on any atom is 0.230 e. The minimum atomic E-state index is -0.0640. The quantitative estimate of drug-likeness (QED) is 0.422. The highest BCUT2D eigenvalue weighted by atomic mass is 32.2. The number of thioether (sulfide) groups is 1. The molecule has 0 unspecified atom stereocenters. The zero-order valence-corrected chi connectivity index (χ0v) is 17.8. The van der Waals surface area contributed by atoms with Crippen LogP contribution in [0.2, 0.25) is 0 Å². The van der Waals surface area contributed by atoms with E-state index in [-0.39, 0.29) is 11.7 Å². The molecule has 0 radical (unpaired) electrons. The van der Waals surface area contributed by atoms with E-state index in [1.54, 1.807) is 30.8 Å². The van der Waals surface area contributed by atoms with Gasteiger partial charge in [0.25, 0.3) is 0 Å². The van der Waals surface area contributed by atoms with Crippen LogP contribution in [-0.4, -0.2) is 38.5 Å². The van der Waals surface area contributed by atoms with Gasteiger partial charge in [0.1, 0.15) is 5.75 Å². The Morgan fingerprint density at radius 2 is 2.07 bits per heavy atom. The van der Waals surface area contributed by atoms with Gasteiger partial charge in [0.15, 0.2) is 11.0 Å². The molecule has 4 rings (SSSR count). The van der Waals surface area contributed by atoms with E-state index in [9.17, 15) is 4.79 Å². The lowest BCUT2D eigenvalue weighted by Gasteiger charge is -2.13. The van der Waals surface area contributed by atoms with Gasteiger partial charge >= 0.3 is 0 Å². The highest BCUT2D eigenvalue weighted by Gasteiger charge is 2.19. The van der Waals surface area contributed by atoms with Gasteiger partial charge in [-0.25, -0.2) is 0 Å². The molecule has 0 saturated carbocycles. The Balaban J connectivity index is 1.60. The molecule has 7 nitrogen and oxygen atoms in total. The van der Waals surface area contributed by atoms with E-state index >= 15 is 0 Å². The van der Waals surface area contributed by atoms with Crippen molar-refractivity contribution in [3.05, 3.63) is 71.2 Å². The number of nitrogens with zero attached hydrogens (tertiary/aromatic N) is 4. The van der Waals surface area contributed by atoms with Crippen LogP contribution in [0.1, 0.15) is 4.88 Å². The lowest BCUT2D eigenvalue weighted by atomic mass is 10.2. The number of nitrogens with one attached hydrogen (secondary N) is 1. The van der Waals surface area contributed by atoms with Crippen molar-refractivity contribution in [2.75, 3.05) is 12.9 Å². The third-order valence-corrected chi connectivity index (χ3v) is 6.06. The number of para-hydroxylation sites is 2. The van der Waals surface area contributed by atoms with Gasteiger partial charge in [-0.05, 0) is 35.7 Å². The van der Waals surface area contributed by atoms with E-state index < -0.39 is 0 Å². The van der Waals surface area contributed by atoms with Crippen molar-refractivity contribution >= 4 is 29.0 Å². The summed E-state index contributed by atoms with van der Waals surface area (Å²) in [5.74, 6) is 1.48. The van der Waals surface area contributed by atoms with Gasteiger partial charge in [-0.2, -0.15) is 0 Å². The van der Waals surface area contributed by atoms with Crippen LogP contribution in [-0.2, 0) is 11.3 Å². The van der Waals surface area contributed by atoms with Crippen LogP contribution in [0.25, 0.3) is 17.1 Å². The van der Waals surface area contributed by atoms with Crippen molar-refractivity contribution in [2.45, 2.75) is 11.7 Å². The van der Waals surface area contributed by atoms with E-state index in [0.29, 0.717) is 23.3 Å². The van der Waals surface area contributed by atoms with Gasteiger partial charge in [-0.3, -0.25) is 14.3 Å². The lowest BCUT2D eigenvalue weighted by molar-refractivity contribution is -0.118. The zero-order valence-electron chi connectivity index (χ0n) is 16.2. The van der Waals surface area contributed by atoms with Crippen molar-refractivity contribution in [1.29, 1.82) is 0 Å². The molecule has 3 heterocycles. The van der Waals surface area contributed by atoms with Crippen LogP contribution in [0.4, 0.5) is 0 Å². The molecule has 0 spiro atoms. The molecule has 0 atom stereocenters. The van der Waals surface area contributed by atoms with E-state index in [1.165, 1.54) is 11.8 Å². The normalized spacial score (nSPS) is 10.7. The Morgan fingerprint density at radius 3 is 2.83 bits per heavy atom. The minimum Gasteiger partial charge on any atom is -0.495 e. The molecule has 0 fully saturated rings. The number of thiophene rings is 1. The van der Waals surface area contributed by atoms with Gasteiger partial charge in [-0.15, -0.1) is 21.5 Å². The summed E-state index contributed by atoms with van der Waals surface area (Å²) >= 11 is 2.94. The summed E-state index contributed by atoms with van der Waals surface area (Å²) < 4.78 is 7.44. The molecule has 1 aromatic carbocycles. The molecule has 0 aliphatic heterocycles. The number of amides is 1. The number of ether oxygens (including phenoxy) is 1. The van der Waals surface area contributed by atoms with E-state index in [4.69, 9.17) is 4.74 Å². The predicted octanol–water partition coefficient (Wildman–Crippen LogP) is 3.81. The van der Waals surface area contributed by atoms with Crippen molar-refractivity contribution in [3.8, 4) is 22.8 Å². The monoisotopic (exact) mass is 437 g/mol. The Hall–Kier alpha value is -3.17. The summed E-state index contributed by atoms with van der Waals surface area (Å²) in [6.45, 7) is 0.525. The lowest BCUT2D eigenvalue weighted by Crippen LogP contribution is -2.24. The number of rotatable bonds is 8. The molecule has 9 heteroatoms. The predicted molar refractivity (Wildman–Crippen MR) is 118 cm³/mol. The summed E-state index contributed by atoms with van der Waals surface area (Å²) in [5.41, 5.74) is 1.62. The van der Waals surface area contributed by atoms with Crippen molar-refractivity contribution in [1.82, 2.24) is 25.1 Å². The number of pyridine rings is 1. The van der Waals surface area contributed by atoms with E-state index in [1.807, 2.05) is 58.5 Å². The smallest absolute Gasteiger partial charge is 0.230 e. The van der Waals surface area contributed by atoms with Crippen LogP contribution >= 0.6 is 23.1 Å². The SMILES string of the molecule is COc1ccccc1-n1c(SCC(=O)NCc2cccs2)nnc1-c1cccnc1. The minimum absolute atomic E-state index is 0.0640. The second kappa shape index (κ2) is 9.55. The molecule has 0 bridgehead atoms. The first kappa shape index (κ1) is 20.1. The number of aromatic nitrogens is 4. The van der Waals surface area contributed by atoms with Crippen molar-refractivity contribution in [2.24, 2.45) is 0 Å². The third-order valence-electron chi connectivity index (χ3n) is 4.25. The molecule has 30 heavy (non-hydrogen) atoms. The van der Waals surface area contributed by atoms with Crippen LogP contribution in [0.3, 0.4) is 0 Å². The molecule has 0 saturated heterocycles. The molecule has 3 aromatic heterocycles. The summed E-state index contributed by atoms with van der Waals surface area (Å²) in [7, 11) is 1.62. The number of benzene rings is 1. The summed E-state index contributed by atoms with van der Waals surface area (Å²) in [6, 6.07) is 15.4. The standard InChI is InChI=1S/C21H19N5O2S2/c1-28-18-9-3-2-8-17(18)26-20(15-6-4-10-22-12-15)24-25-21(26)30-14-19(27)23-13-16-7-5-11-29-16/h2-12H,13-14H2,1H3,(H,23,27). The van der Waals surface area contributed by atoms with Crippen LogP contribution in [0.5, 0.6) is 5.75 Å². The van der Waals surface area contributed by atoms with Gasteiger partial charge < -0.3 is 10.1 Å². The summed E-state index contributed by atoms with van der Waals surface area (Å²) in [5, 5.41) is 14.2. The first-order valence-corrected chi connectivity index (χ1v) is 11.0. The van der Waals surface area contributed by atoms with E-state index in [0.717, 1.165) is 16.1 Å². The number of hydrogen-bond acceptors (Lipinski definition) is 7. The Bertz CT molecular complexity index is 1110. The van der Waals surface area contributed by atoms with Crippen LogP contribution in [0, 0.1) is 0 Å². The Labute approximate surface area is 182 Å². The molecule has 0 aliphatic carbocycles.